The van der Waals surface area contributed by atoms with Crippen LogP contribution in [0.5, 0.6) is 5.88 Å². The molecule has 5 aliphatic rings. The van der Waals surface area contributed by atoms with E-state index >= 15 is 0 Å². The van der Waals surface area contributed by atoms with Gasteiger partial charge in [-0.15, -0.1) is 11.8 Å². The van der Waals surface area contributed by atoms with Gasteiger partial charge >= 0.3 is 0 Å². The maximum Gasteiger partial charge on any atom is 0.291 e. The molecule has 0 aromatic carbocycles. The Morgan fingerprint density at radius 1 is 1.25 bits per heavy atom. The van der Waals surface area contributed by atoms with Crippen molar-refractivity contribution in [1.29, 1.82) is 0 Å². The molecule has 7 nitrogen and oxygen atoms in total. The molecule has 5 aliphatic carbocycles. The van der Waals surface area contributed by atoms with E-state index in [0.29, 0.717) is 42.1 Å². The van der Waals surface area contributed by atoms with Crippen LogP contribution in [0.25, 0.3) is 0 Å². The Morgan fingerprint density at radius 2 is 1.97 bits per heavy atom. The molecule has 2 N–H and O–H groups in total. The van der Waals surface area contributed by atoms with Gasteiger partial charge in [-0.05, 0) is 67.9 Å². The van der Waals surface area contributed by atoms with Crippen LogP contribution in [0.3, 0.4) is 0 Å². The van der Waals surface area contributed by atoms with Crippen molar-refractivity contribution in [1.82, 2.24) is 10.5 Å². The summed E-state index contributed by atoms with van der Waals surface area (Å²) in [6, 6.07) is 0.107. The van der Waals surface area contributed by atoms with E-state index in [9.17, 15) is 9.90 Å². The number of ether oxygens (including phenoxy) is 2. The minimum absolute atomic E-state index is 0.107. The van der Waals surface area contributed by atoms with Crippen LogP contribution in [0.1, 0.15) is 75.8 Å². The van der Waals surface area contributed by atoms with Crippen LogP contribution in [0.15, 0.2) is 9.42 Å². The van der Waals surface area contributed by atoms with Gasteiger partial charge in [-0.1, -0.05) is 20.3 Å². The van der Waals surface area contributed by atoms with Crippen molar-refractivity contribution >= 4 is 17.7 Å². The quantitative estimate of drug-likeness (QED) is 0.570. The fourth-order valence-corrected chi connectivity index (χ4v) is 7.73. The number of methoxy groups -OCH3 is 1. The number of hydrogen-bond donors (Lipinski definition) is 2. The first-order valence-electron chi connectivity index (χ1n) is 12.1. The first-order chi connectivity index (χ1) is 15.3. The van der Waals surface area contributed by atoms with Gasteiger partial charge in [0.2, 0.25) is 5.76 Å². The molecule has 1 aromatic rings. The molecule has 0 aliphatic heterocycles. The van der Waals surface area contributed by atoms with Crippen LogP contribution in [0.4, 0.5) is 0 Å². The van der Waals surface area contributed by atoms with E-state index in [-0.39, 0.29) is 23.1 Å². The van der Waals surface area contributed by atoms with Gasteiger partial charge in [0.25, 0.3) is 11.8 Å². The molecule has 1 amide bonds. The highest BCUT2D eigenvalue weighted by molar-refractivity contribution is 8.00. The smallest absolute Gasteiger partial charge is 0.291 e. The van der Waals surface area contributed by atoms with Gasteiger partial charge in [0.1, 0.15) is 4.90 Å². The van der Waals surface area contributed by atoms with Crippen LogP contribution >= 0.6 is 11.8 Å². The van der Waals surface area contributed by atoms with E-state index < -0.39 is 5.60 Å². The second kappa shape index (κ2) is 8.51. The van der Waals surface area contributed by atoms with E-state index in [1.807, 2.05) is 0 Å². The van der Waals surface area contributed by atoms with Crippen LogP contribution in [0.2, 0.25) is 0 Å². The standard InChI is InChI=1S/C24H36N2O5S/c1-23(2,12-29-3)13-30-22-20(32-17-5-4-6-17)19(31-26-22)21(27)25-18-15-7-14-8-16(18)11-24(28,9-14)10-15/h14-18,28H,4-13H2,1-3H3,(H,25,27)/t14?,15?,16?,18-,24-. The fraction of sp³-hybridized carbons (Fsp3) is 0.833. The Labute approximate surface area is 194 Å². The Morgan fingerprint density at radius 3 is 2.56 bits per heavy atom. The second-order valence-corrected chi connectivity index (χ2v) is 12.7. The summed E-state index contributed by atoms with van der Waals surface area (Å²) < 4.78 is 16.9. The van der Waals surface area contributed by atoms with Crippen molar-refractivity contribution in [2.45, 2.75) is 87.0 Å². The SMILES string of the molecule is COCC(C)(C)COc1noc(C(=O)N[C@H]2C3CC4CC2C[C@](O)(C4)C3)c1SC1CCC1. The molecule has 5 saturated carbocycles. The summed E-state index contributed by atoms with van der Waals surface area (Å²) >= 11 is 1.66. The topological polar surface area (TPSA) is 93.8 Å². The zero-order valence-electron chi connectivity index (χ0n) is 19.4. The predicted molar refractivity (Wildman–Crippen MR) is 121 cm³/mol. The van der Waals surface area contributed by atoms with Crippen LogP contribution in [-0.4, -0.2) is 53.4 Å². The lowest BCUT2D eigenvalue weighted by Crippen LogP contribution is -2.61. The third-order valence-electron chi connectivity index (χ3n) is 7.84. The molecule has 0 radical (unpaired) electrons. The Balaban J connectivity index is 1.31. The van der Waals surface area contributed by atoms with E-state index in [4.69, 9.17) is 14.0 Å². The highest BCUT2D eigenvalue weighted by Crippen LogP contribution is 2.55. The normalized spacial score (nSPS) is 33.9. The summed E-state index contributed by atoms with van der Waals surface area (Å²) in [6.07, 6.45) is 8.24. The lowest BCUT2D eigenvalue weighted by atomic mass is 9.52. The number of rotatable bonds is 9. The lowest BCUT2D eigenvalue weighted by Gasteiger charge is -2.58. The largest absolute Gasteiger partial charge is 0.474 e. The van der Waals surface area contributed by atoms with Crippen LogP contribution in [-0.2, 0) is 4.74 Å². The molecule has 6 rings (SSSR count). The number of aliphatic hydroxyl groups is 1. The third kappa shape index (κ3) is 4.42. The molecule has 178 valence electrons. The average molecular weight is 465 g/mol. The number of thioether (sulfide) groups is 1. The summed E-state index contributed by atoms with van der Waals surface area (Å²) in [5.41, 5.74) is -0.680. The first kappa shape index (κ1) is 22.5. The van der Waals surface area contributed by atoms with Gasteiger partial charge < -0.3 is 24.4 Å². The molecule has 5 fully saturated rings. The zero-order chi connectivity index (χ0) is 22.5. The molecular formula is C24H36N2O5S. The Hall–Kier alpha value is -1.25. The third-order valence-corrected chi connectivity index (χ3v) is 9.24. The number of nitrogens with one attached hydrogen (secondary N) is 1. The number of aromatic nitrogens is 1. The molecule has 0 spiro atoms. The first-order valence-corrected chi connectivity index (χ1v) is 12.9. The van der Waals surface area contributed by atoms with Crippen molar-refractivity contribution < 1.29 is 23.9 Å². The van der Waals surface area contributed by atoms with Crippen molar-refractivity contribution in [2.24, 2.45) is 23.2 Å². The van der Waals surface area contributed by atoms with Gasteiger partial charge in [-0.2, -0.15) is 0 Å². The van der Waals surface area contributed by atoms with Crippen molar-refractivity contribution in [3.8, 4) is 5.88 Å². The monoisotopic (exact) mass is 464 g/mol. The molecule has 2 atom stereocenters. The molecule has 1 aromatic heterocycles. The maximum absolute atomic E-state index is 13.3. The number of carbonyl (C=O) groups excluding carboxylic acids is 1. The summed E-state index contributed by atoms with van der Waals surface area (Å²) in [5.74, 6) is 1.80. The van der Waals surface area contributed by atoms with Gasteiger partial charge in [-0.25, -0.2) is 0 Å². The molecule has 4 bridgehead atoms. The van der Waals surface area contributed by atoms with Crippen molar-refractivity contribution in [3.63, 3.8) is 0 Å². The van der Waals surface area contributed by atoms with E-state index in [0.717, 1.165) is 49.8 Å². The molecule has 2 unspecified atom stereocenters. The number of hydrogen-bond acceptors (Lipinski definition) is 7. The average Bonchev–Trinajstić information content (AvgIpc) is 3.07. The number of amides is 1. The number of carbonyl (C=O) groups is 1. The molecule has 32 heavy (non-hydrogen) atoms. The highest BCUT2D eigenvalue weighted by Gasteiger charge is 2.55. The van der Waals surface area contributed by atoms with Gasteiger partial charge in [0.15, 0.2) is 0 Å². The summed E-state index contributed by atoms with van der Waals surface area (Å²) in [6.45, 7) is 5.15. The minimum atomic E-state index is -0.509. The van der Waals surface area contributed by atoms with Crippen LogP contribution in [0, 0.1) is 23.2 Å². The Kier molecular flexibility index (Phi) is 5.99. The summed E-state index contributed by atoms with van der Waals surface area (Å²) in [7, 11) is 1.68. The molecule has 8 heteroatoms. The molecule has 0 saturated heterocycles. The minimum Gasteiger partial charge on any atom is -0.474 e. The van der Waals surface area contributed by atoms with Crippen molar-refractivity contribution in [2.75, 3.05) is 20.3 Å². The van der Waals surface area contributed by atoms with Gasteiger partial charge in [-0.3, -0.25) is 4.79 Å². The second-order valence-electron chi connectivity index (χ2n) is 11.4. The summed E-state index contributed by atoms with van der Waals surface area (Å²) in [4.78, 5) is 14.1. The summed E-state index contributed by atoms with van der Waals surface area (Å²) in [5, 5.41) is 18.7. The van der Waals surface area contributed by atoms with E-state index in [2.05, 4.69) is 24.3 Å². The fourth-order valence-electron chi connectivity index (χ4n) is 6.39. The highest BCUT2D eigenvalue weighted by atomic mass is 32.2. The van der Waals surface area contributed by atoms with Gasteiger partial charge in [0.05, 0.1) is 18.8 Å². The molecular weight excluding hydrogens is 428 g/mol. The predicted octanol–water partition coefficient (Wildman–Crippen LogP) is 4.04. The Bertz CT molecular complexity index is 835. The van der Waals surface area contributed by atoms with Gasteiger partial charge in [0, 0.05) is 23.8 Å². The van der Waals surface area contributed by atoms with E-state index in [1.54, 1.807) is 18.9 Å². The molecule has 1 heterocycles. The van der Waals surface area contributed by atoms with E-state index in [1.165, 1.54) is 6.42 Å². The van der Waals surface area contributed by atoms with Crippen LogP contribution < -0.4 is 10.1 Å². The van der Waals surface area contributed by atoms with Crippen molar-refractivity contribution in [3.05, 3.63) is 5.76 Å². The zero-order valence-corrected chi connectivity index (χ0v) is 20.2. The number of nitrogens with zero attached hydrogens (tertiary/aromatic N) is 1. The lowest BCUT2D eigenvalue weighted by molar-refractivity contribution is -0.137. The maximum atomic E-state index is 13.3.